The van der Waals surface area contributed by atoms with Crippen molar-refractivity contribution in [3.8, 4) is 0 Å². The van der Waals surface area contributed by atoms with E-state index in [1.54, 1.807) is 7.05 Å². The molecule has 2 aromatic rings. The van der Waals surface area contributed by atoms with Crippen LogP contribution >= 0.6 is 0 Å². The van der Waals surface area contributed by atoms with E-state index >= 15 is 0 Å². The van der Waals surface area contributed by atoms with E-state index in [1.807, 2.05) is 12.4 Å². The maximum Gasteiger partial charge on any atom is 0.141 e. The molecule has 2 saturated carbocycles. The van der Waals surface area contributed by atoms with Crippen molar-refractivity contribution in [1.82, 2.24) is 4.98 Å². The number of pyridine rings is 1. The average molecular weight is 490 g/mol. The van der Waals surface area contributed by atoms with Crippen molar-refractivity contribution in [2.24, 2.45) is 11.3 Å². The molecule has 36 heavy (non-hydrogen) atoms. The number of hydroxylamine groups is 3. The summed E-state index contributed by atoms with van der Waals surface area (Å²) in [5.74, 6) is 0.990. The van der Waals surface area contributed by atoms with Gasteiger partial charge in [0.15, 0.2) is 0 Å². The number of halogens is 1. The number of rotatable bonds is 4. The minimum Gasteiger partial charge on any atom is -0.359 e. The molecule has 3 fully saturated rings. The minimum absolute atomic E-state index is 0.0242. The number of benzene rings is 1. The zero-order valence-electron chi connectivity index (χ0n) is 21.5. The number of allylic oxidation sites excluding steroid dienone is 1. The monoisotopic (exact) mass is 489 g/mol. The first-order valence-electron chi connectivity index (χ1n) is 13.9. The molecule has 3 heterocycles. The van der Waals surface area contributed by atoms with Crippen LogP contribution in [-0.2, 0) is 4.74 Å². The molecule has 1 aromatic carbocycles. The molecular weight excluding hydrogens is 451 g/mol. The Morgan fingerprint density at radius 2 is 2.06 bits per heavy atom. The number of alkyl halides is 1. The molecule has 1 aromatic heterocycles. The lowest BCUT2D eigenvalue weighted by molar-refractivity contribution is -1.11. The fourth-order valence-electron chi connectivity index (χ4n) is 9.08. The fraction of sp³-hybridized carbons (Fsp3) is 0.581. The zero-order chi connectivity index (χ0) is 24.8. The van der Waals surface area contributed by atoms with Gasteiger partial charge < -0.3 is 4.74 Å². The number of aromatic nitrogens is 1. The second-order valence-electron chi connectivity index (χ2n) is 12.7. The van der Waals surface area contributed by atoms with Crippen molar-refractivity contribution in [3.63, 3.8) is 0 Å². The van der Waals surface area contributed by atoms with Gasteiger partial charge in [0.1, 0.15) is 19.3 Å². The summed E-state index contributed by atoms with van der Waals surface area (Å²) in [5, 5.41) is 13.5. The second-order valence-corrected chi connectivity index (χ2v) is 12.7. The number of hydrogen-bond acceptors (Lipinski definition) is 3. The normalized spacial score (nSPS) is 40.6. The van der Waals surface area contributed by atoms with Crippen LogP contribution in [0.25, 0.3) is 10.8 Å². The van der Waals surface area contributed by atoms with E-state index < -0.39 is 6.67 Å². The van der Waals surface area contributed by atoms with E-state index in [1.165, 1.54) is 40.3 Å². The van der Waals surface area contributed by atoms with Crippen LogP contribution in [0.5, 0.6) is 0 Å². The Morgan fingerprint density at radius 3 is 2.92 bits per heavy atom. The molecule has 1 saturated heterocycles. The summed E-state index contributed by atoms with van der Waals surface area (Å²) >= 11 is 0. The fourth-order valence-corrected chi connectivity index (χ4v) is 9.08. The first kappa shape index (κ1) is 23.1. The highest BCUT2D eigenvalue weighted by Crippen LogP contribution is 2.69. The summed E-state index contributed by atoms with van der Waals surface area (Å²) in [6.45, 7) is 2.16. The Bertz CT molecular complexity index is 1290. The highest BCUT2D eigenvalue weighted by molar-refractivity contribution is 5.82. The third-order valence-electron chi connectivity index (χ3n) is 11.0. The van der Waals surface area contributed by atoms with E-state index in [2.05, 4.69) is 48.3 Å². The first-order valence-corrected chi connectivity index (χ1v) is 13.9. The highest BCUT2D eigenvalue weighted by atomic mass is 19.1. The maximum atomic E-state index is 13.2. The maximum absolute atomic E-state index is 13.2. The van der Waals surface area contributed by atoms with Crippen LogP contribution in [0, 0.1) is 11.3 Å². The van der Waals surface area contributed by atoms with E-state index in [-0.39, 0.29) is 33.9 Å². The molecular formula is C31H38FN2O2+. The first-order chi connectivity index (χ1) is 17.3. The highest BCUT2D eigenvalue weighted by Gasteiger charge is 2.67. The Hall–Kier alpha value is -2.08. The lowest BCUT2D eigenvalue weighted by atomic mass is 9.58. The van der Waals surface area contributed by atoms with E-state index in [9.17, 15) is 9.60 Å². The zero-order valence-corrected chi connectivity index (χ0v) is 21.5. The van der Waals surface area contributed by atoms with E-state index in [0.29, 0.717) is 11.8 Å². The molecule has 2 spiro atoms. The van der Waals surface area contributed by atoms with Gasteiger partial charge in [-0.2, -0.15) is 4.65 Å². The van der Waals surface area contributed by atoms with Crippen molar-refractivity contribution in [1.29, 1.82) is 0 Å². The Labute approximate surface area is 213 Å². The molecule has 5 aliphatic rings. The molecule has 7 rings (SSSR count). The van der Waals surface area contributed by atoms with Crippen molar-refractivity contribution >= 4 is 10.8 Å². The van der Waals surface area contributed by atoms with Crippen molar-refractivity contribution in [2.75, 3.05) is 20.3 Å². The summed E-state index contributed by atoms with van der Waals surface area (Å²) < 4.78 is 20.3. The summed E-state index contributed by atoms with van der Waals surface area (Å²) in [4.78, 5) is 4.36. The lowest BCUT2D eigenvalue weighted by Gasteiger charge is -2.54. The summed E-state index contributed by atoms with van der Waals surface area (Å²) in [6.07, 6.45) is 17.0. The van der Waals surface area contributed by atoms with Crippen LogP contribution < -0.4 is 0 Å². The van der Waals surface area contributed by atoms with Crippen molar-refractivity contribution < 1.29 is 19.0 Å². The number of ether oxygens (including phenoxy) is 1. The Balaban J connectivity index is 1.24. The van der Waals surface area contributed by atoms with Gasteiger partial charge in [0, 0.05) is 30.6 Å². The summed E-state index contributed by atoms with van der Waals surface area (Å²) in [7, 11) is 1.77. The van der Waals surface area contributed by atoms with Gasteiger partial charge in [0.2, 0.25) is 0 Å². The minimum atomic E-state index is -0.496. The Kier molecular flexibility index (Phi) is 4.95. The molecule has 5 heteroatoms. The van der Waals surface area contributed by atoms with Gasteiger partial charge in [-0.15, -0.1) is 0 Å². The van der Waals surface area contributed by atoms with Crippen molar-refractivity contribution in [2.45, 2.75) is 81.5 Å². The van der Waals surface area contributed by atoms with E-state index in [4.69, 9.17) is 4.74 Å². The molecule has 7 atom stereocenters. The number of quaternary nitrogens is 1. The van der Waals surface area contributed by atoms with Crippen molar-refractivity contribution in [3.05, 3.63) is 65.5 Å². The molecule has 0 radical (unpaired) electrons. The molecule has 1 N–H and O–H groups in total. The topological polar surface area (TPSA) is 42.4 Å². The van der Waals surface area contributed by atoms with E-state index in [0.717, 1.165) is 38.5 Å². The number of hydrogen-bond donors (Lipinski definition) is 1. The standard InChI is InChI=1S/C31H38FN2O2/c1-29-11-9-25-18-24-5-6-26(34(2,35)16-14-32)19-30(24)12-13-31(25,36-30)28(29)8-7-27(29)22-4-3-21-10-15-33-20-23(21)17-22/h3-4,9-10,15,17-18,20,26-28,35H,5-8,11-14,16,19H2,1-2H3/q+1/t26-,27+,28+,29+,30+,31+,34?/m0/s1. The van der Waals surface area contributed by atoms with Gasteiger partial charge in [-0.25, -0.2) is 9.60 Å². The molecule has 190 valence electrons. The third kappa shape index (κ3) is 3.06. The molecule has 4 nitrogen and oxygen atoms in total. The van der Waals surface area contributed by atoms with Crippen LogP contribution in [0.1, 0.15) is 69.8 Å². The van der Waals surface area contributed by atoms with Crippen LogP contribution in [0.3, 0.4) is 0 Å². The largest absolute Gasteiger partial charge is 0.359 e. The molecule has 2 bridgehead atoms. The molecule has 2 aliphatic heterocycles. The summed E-state index contributed by atoms with van der Waals surface area (Å²) in [6, 6.07) is 9.07. The van der Waals surface area contributed by atoms with Crippen LogP contribution in [-0.4, -0.2) is 52.3 Å². The smallest absolute Gasteiger partial charge is 0.141 e. The molecule has 0 amide bonds. The second kappa shape index (κ2) is 7.72. The summed E-state index contributed by atoms with van der Waals surface area (Å²) in [5.41, 5.74) is 3.92. The number of fused-ring (bicyclic) bond motifs is 2. The Morgan fingerprint density at radius 1 is 1.17 bits per heavy atom. The molecule has 1 unspecified atom stereocenters. The predicted octanol–water partition coefficient (Wildman–Crippen LogP) is 6.65. The average Bonchev–Trinajstić information content (AvgIpc) is 3.38. The van der Waals surface area contributed by atoms with Gasteiger partial charge in [-0.05, 0) is 90.0 Å². The van der Waals surface area contributed by atoms with Gasteiger partial charge in [-0.1, -0.05) is 31.2 Å². The predicted molar refractivity (Wildman–Crippen MR) is 138 cm³/mol. The lowest BCUT2D eigenvalue weighted by Crippen LogP contribution is -2.59. The third-order valence-corrected chi connectivity index (χ3v) is 11.0. The van der Waals surface area contributed by atoms with Gasteiger partial charge >= 0.3 is 0 Å². The van der Waals surface area contributed by atoms with Crippen LogP contribution in [0.15, 0.2) is 60.0 Å². The van der Waals surface area contributed by atoms with Crippen LogP contribution in [0.4, 0.5) is 4.39 Å². The van der Waals surface area contributed by atoms with Gasteiger partial charge in [0.25, 0.3) is 0 Å². The van der Waals surface area contributed by atoms with Gasteiger partial charge in [-0.3, -0.25) is 4.98 Å². The molecule has 3 aliphatic carbocycles. The van der Waals surface area contributed by atoms with Crippen LogP contribution in [0.2, 0.25) is 0 Å². The number of nitrogens with zero attached hydrogens (tertiary/aromatic N) is 2. The SMILES string of the molecule is C[C@]12CC=C3C=C4CC[C@H]([N+](C)(O)CCF)C[C@]45CC[C@]3(O5)[C@@H]1CC[C@@H]2c1ccc2ccncc2c1. The quantitative estimate of drug-likeness (QED) is 0.386. The van der Waals surface area contributed by atoms with Gasteiger partial charge in [0.05, 0.1) is 18.2 Å².